The molecular weight excluding hydrogens is 395 g/mol. The molecule has 0 spiro atoms. The number of nitrogens with two attached hydrogens (primary N) is 1. The molecule has 28 heavy (non-hydrogen) atoms. The van der Waals surface area contributed by atoms with Crippen LogP contribution >= 0.6 is 11.3 Å². The number of likely N-dealkylation sites (tertiary alicyclic amines) is 1. The highest BCUT2D eigenvalue weighted by molar-refractivity contribution is 7.13. The normalized spacial score (nSPS) is 24.6. The Kier molecular flexibility index (Phi) is 4.44. The van der Waals surface area contributed by atoms with Crippen molar-refractivity contribution in [2.75, 3.05) is 18.8 Å². The number of hydrogen-bond donors (Lipinski definition) is 1. The van der Waals surface area contributed by atoms with E-state index in [9.17, 15) is 22.8 Å². The number of amides is 1. The first-order chi connectivity index (χ1) is 13.2. The van der Waals surface area contributed by atoms with Crippen molar-refractivity contribution in [3.8, 4) is 0 Å². The Hall–Kier alpha value is -2.43. The highest BCUT2D eigenvalue weighted by Crippen LogP contribution is 2.47. The molecule has 2 atom stereocenters. The zero-order chi connectivity index (χ0) is 20.2. The topological polar surface area (TPSA) is 94.1 Å². The summed E-state index contributed by atoms with van der Waals surface area (Å²) in [5.41, 5.74) is 7.00. The highest BCUT2D eigenvalue weighted by Gasteiger charge is 2.45. The first kappa shape index (κ1) is 18.9. The van der Waals surface area contributed by atoms with Gasteiger partial charge in [0.1, 0.15) is 10.7 Å². The van der Waals surface area contributed by atoms with Crippen LogP contribution < -0.4 is 5.73 Å². The summed E-state index contributed by atoms with van der Waals surface area (Å²) in [5, 5.41) is 3.37. The second-order valence-corrected chi connectivity index (χ2v) is 8.38. The molecule has 11 heteroatoms. The van der Waals surface area contributed by atoms with Crippen molar-refractivity contribution < 1.29 is 22.8 Å². The molecule has 2 N–H and O–H groups in total. The van der Waals surface area contributed by atoms with Gasteiger partial charge in [-0.25, -0.2) is 4.98 Å². The largest absolute Gasteiger partial charge is 0.443 e. The molecule has 1 aliphatic heterocycles. The maximum absolute atomic E-state index is 12.7. The summed E-state index contributed by atoms with van der Waals surface area (Å²) >= 11 is 0.377. The van der Waals surface area contributed by atoms with E-state index in [4.69, 9.17) is 5.73 Å². The van der Waals surface area contributed by atoms with Gasteiger partial charge in [-0.2, -0.15) is 18.3 Å². The van der Waals surface area contributed by atoms with Crippen LogP contribution in [0.2, 0.25) is 0 Å². The van der Waals surface area contributed by atoms with Crippen LogP contribution in [0, 0.1) is 11.8 Å². The number of alkyl halides is 3. The van der Waals surface area contributed by atoms with Crippen molar-refractivity contribution in [2.45, 2.75) is 24.9 Å². The van der Waals surface area contributed by atoms with Gasteiger partial charge in [0.15, 0.2) is 11.3 Å². The first-order valence-electron chi connectivity index (χ1n) is 8.78. The van der Waals surface area contributed by atoms with Crippen molar-refractivity contribution in [3.63, 3.8) is 0 Å². The lowest BCUT2D eigenvalue weighted by molar-refractivity contribution is -0.137. The van der Waals surface area contributed by atoms with E-state index >= 15 is 0 Å². The van der Waals surface area contributed by atoms with E-state index < -0.39 is 17.1 Å². The number of carbonyl (C=O) groups is 2. The van der Waals surface area contributed by atoms with E-state index in [1.165, 1.54) is 4.68 Å². The maximum atomic E-state index is 12.7. The zero-order valence-electron chi connectivity index (χ0n) is 14.9. The molecule has 0 aromatic carbocycles. The molecule has 150 valence electrons. The number of fused-ring (bicyclic) bond motifs is 1. The van der Waals surface area contributed by atoms with E-state index in [-0.39, 0.29) is 22.6 Å². The Labute approximate surface area is 162 Å². The van der Waals surface area contributed by atoms with Gasteiger partial charge in [0.2, 0.25) is 0 Å². The number of rotatable bonds is 3. The van der Waals surface area contributed by atoms with Gasteiger partial charge < -0.3 is 10.6 Å². The standard InChI is InChI=1S/C17H18F3N5O2S/c1-24-14(21)11(7-26)13(23-24)8-2-9-5-25(6-10(9)3-8)15(27)12-4-22-16(28-12)17(18,19)20/h4,7-10H,2-3,5-6,21H2,1H3. The van der Waals surface area contributed by atoms with Gasteiger partial charge in [0, 0.05) is 26.1 Å². The minimum absolute atomic E-state index is 0.00425. The van der Waals surface area contributed by atoms with Gasteiger partial charge in [0.25, 0.3) is 5.91 Å². The predicted octanol–water partition coefficient (Wildman–Crippen LogP) is 2.56. The van der Waals surface area contributed by atoms with Crippen LogP contribution in [0.15, 0.2) is 6.20 Å². The smallest absolute Gasteiger partial charge is 0.383 e. The van der Waals surface area contributed by atoms with Crippen LogP contribution in [0.3, 0.4) is 0 Å². The monoisotopic (exact) mass is 413 g/mol. The lowest BCUT2D eigenvalue weighted by Crippen LogP contribution is -2.29. The summed E-state index contributed by atoms with van der Waals surface area (Å²) in [6.07, 6.45) is -1.29. The number of carbonyl (C=O) groups excluding carboxylic acids is 2. The van der Waals surface area contributed by atoms with E-state index in [0.29, 0.717) is 41.5 Å². The van der Waals surface area contributed by atoms with E-state index in [1.807, 2.05) is 0 Å². The molecular formula is C17H18F3N5O2S. The number of nitrogen functional groups attached to an aromatic ring is 1. The predicted molar refractivity (Wildman–Crippen MR) is 95.0 cm³/mol. The van der Waals surface area contributed by atoms with Crippen LogP contribution in [0.1, 0.15) is 49.5 Å². The zero-order valence-corrected chi connectivity index (χ0v) is 15.8. The highest BCUT2D eigenvalue weighted by atomic mass is 32.1. The molecule has 1 aliphatic carbocycles. The summed E-state index contributed by atoms with van der Waals surface area (Å²) in [7, 11) is 1.69. The molecule has 2 aromatic rings. The fraction of sp³-hybridized carbons (Fsp3) is 0.529. The summed E-state index contributed by atoms with van der Waals surface area (Å²) < 4.78 is 39.6. The Morgan fingerprint density at radius 1 is 1.32 bits per heavy atom. The van der Waals surface area contributed by atoms with Crippen LogP contribution in [-0.4, -0.2) is 44.9 Å². The molecule has 4 rings (SSSR count). The summed E-state index contributed by atoms with van der Waals surface area (Å²) in [6, 6.07) is 0. The average molecular weight is 413 g/mol. The van der Waals surface area contributed by atoms with Gasteiger partial charge >= 0.3 is 6.18 Å². The van der Waals surface area contributed by atoms with Crippen molar-refractivity contribution >= 4 is 29.3 Å². The second-order valence-electron chi connectivity index (χ2n) is 7.35. The number of hydrogen-bond acceptors (Lipinski definition) is 6. The minimum atomic E-state index is -4.54. The third-order valence-electron chi connectivity index (χ3n) is 5.66. The van der Waals surface area contributed by atoms with Crippen molar-refractivity contribution in [1.82, 2.24) is 19.7 Å². The molecule has 2 unspecified atom stereocenters. The minimum Gasteiger partial charge on any atom is -0.383 e. The SMILES string of the molecule is Cn1nc(C2CC3CN(C(=O)c4cnc(C(F)(F)F)s4)CC3C2)c(C=O)c1N. The van der Waals surface area contributed by atoms with E-state index in [1.54, 1.807) is 11.9 Å². The van der Waals surface area contributed by atoms with Crippen molar-refractivity contribution in [3.05, 3.63) is 27.3 Å². The average Bonchev–Trinajstić information content (AvgIpc) is 3.36. The fourth-order valence-electron chi connectivity index (χ4n) is 4.35. The molecule has 2 fully saturated rings. The maximum Gasteiger partial charge on any atom is 0.443 e. The number of halogens is 3. The molecule has 1 saturated heterocycles. The van der Waals surface area contributed by atoms with Gasteiger partial charge in [-0.15, -0.1) is 11.3 Å². The van der Waals surface area contributed by atoms with Crippen LogP contribution in [0.5, 0.6) is 0 Å². The summed E-state index contributed by atoms with van der Waals surface area (Å²) in [4.78, 5) is 28.9. The molecule has 2 aliphatic rings. The van der Waals surface area contributed by atoms with Gasteiger partial charge in [-0.05, 0) is 24.7 Å². The molecule has 0 bridgehead atoms. The van der Waals surface area contributed by atoms with E-state index in [0.717, 1.165) is 25.3 Å². The second kappa shape index (κ2) is 6.57. The van der Waals surface area contributed by atoms with Gasteiger partial charge in [0.05, 0.1) is 17.5 Å². The molecule has 0 radical (unpaired) electrons. The summed E-state index contributed by atoms with van der Waals surface area (Å²) in [5.74, 6) is 0.480. The van der Waals surface area contributed by atoms with E-state index in [2.05, 4.69) is 10.1 Å². The Morgan fingerprint density at radius 3 is 2.50 bits per heavy atom. The van der Waals surface area contributed by atoms with Crippen LogP contribution in [0.25, 0.3) is 0 Å². The number of aryl methyl sites for hydroxylation is 1. The van der Waals surface area contributed by atoms with Gasteiger partial charge in [-0.3, -0.25) is 14.3 Å². The van der Waals surface area contributed by atoms with Crippen LogP contribution in [-0.2, 0) is 13.2 Å². The molecule has 1 amide bonds. The molecule has 7 nitrogen and oxygen atoms in total. The third kappa shape index (κ3) is 3.07. The lowest BCUT2D eigenvalue weighted by atomic mass is 9.98. The summed E-state index contributed by atoms with van der Waals surface area (Å²) in [6.45, 7) is 0.968. The molecule has 2 aromatic heterocycles. The Morgan fingerprint density at radius 2 is 1.96 bits per heavy atom. The van der Waals surface area contributed by atoms with Gasteiger partial charge in [-0.1, -0.05) is 0 Å². The number of thiazole rings is 1. The fourth-order valence-corrected chi connectivity index (χ4v) is 5.10. The van der Waals surface area contributed by atoms with Crippen molar-refractivity contribution in [2.24, 2.45) is 18.9 Å². The Balaban J connectivity index is 1.44. The molecule has 3 heterocycles. The molecule has 1 saturated carbocycles. The van der Waals surface area contributed by atoms with Crippen molar-refractivity contribution in [1.29, 1.82) is 0 Å². The first-order valence-corrected chi connectivity index (χ1v) is 9.60. The number of aromatic nitrogens is 3. The lowest BCUT2D eigenvalue weighted by Gasteiger charge is -2.18. The Bertz CT molecular complexity index is 924. The third-order valence-corrected chi connectivity index (χ3v) is 6.69. The number of nitrogens with zero attached hydrogens (tertiary/aromatic N) is 4. The number of aldehydes is 1. The van der Waals surface area contributed by atoms with Crippen LogP contribution in [0.4, 0.5) is 19.0 Å². The number of anilines is 1. The quantitative estimate of drug-likeness (QED) is 0.781.